The molecule has 3 aromatic rings. The molecule has 5 nitrogen and oxygen atoms in total. The van der Waals surface area contributed by atoms with Gasteiger partial charge in [-0.3, -0.25) is 4.79 Å². The van der Waals surface area contributed by atoms with Crippen molar-refractivity contribution < 1.29 is 4.79 Å². The van der Waals surface area contributed by atoms with E-state index in [9.17, 15) is 4.79 Å². The molecule has 0 unspecified atom stereocenters. The number of hydrogen-bond donors (Lipinski definition) is 2. The Balaban J connectivity index is 1.91. The van der Waals surface area contributed by atoms with Crippen molar-refractivity contribution >= 4 is 62.2 Å². The van der Waals surface area contributed by atoms with Crippen molar-refractivity contribution in [2.75, 3.05) is 17.6 Å². The van der Waals surface area contributed by atoms with Crippen LogP contribution in [0.1, 0.15) is 29.4 Å². The Bertz CT molecular complexity index is 1030. The zero-order valence-corrected chi connectivity index (χ0v) is 16.3. The molecule has 0 saturated heterocycles. The first-order valence-electron chi connectivity index (χ1n) is 8.24. The minimum atomic E-state index is -0.0851. The Morgan fingerprint density at radius 3 is 2.73 bits per heavy atom. The number of aromatic nitrogens is 2. The minimum absolute atomic E-state index is 0.0851. The molecule has 134 valence electrons. The number of nitrogens with two attached hydrogens (primary N) is 1. The third-order valence-electron chi connectivity index (χ3n) is 4.35. The van der Waals surface area contributed by atoms with Crippen LogP contribution in [0.25, 0.3) is 21.5 Å². The number of Topliss-reactive ketones (excluding diaryl/α,β-unsaturated/α-hetero) is 1. The first-order valence-corrected chi connectivity index (χ1v) is 9.81. The van der Waals surface area contributed by atoms with E-state index in [0.717, 1.165) is 12.1 Å². The summed E-state index contributed by atoms with van der Waals surface area (Å²) in [5, 5.41) is 4.87. The van der Waals surface area contributed by atoms with Crippen LogP contribution in [-0.2, 0) is 0 Å². The maximum Gasteiger partial charge on any atom is 0.224 e. The van der Waals surface area contributed by atoms with Crippen LogP contribution in [0.2, 0.25) is 10.0 Å². The lowest BCUT2D eigenvalue weighted by molar-refractivity contribution is 0.102. The second kappa shape index (κ2) is 6.68. The molecule has 0 spiro atoms. The molecule has 0 atom stereocenters. The van der Waals surface area contributed by atoms with Crippen LogP contribution in [0.4, 0.5) is 11.6 Å². The second-order valence-electron chi connectivity index (χ2n) is 6.43. The van der Waals surface area contributed by atoms with Crippen LogP contribution < -0.4 is 11.1 Å². The van der Waals surface area contributed by atoms with Gasteiger partial charge in [0.25, 0.3) is 0 Å². The number of fused-ring (bicyclic) bond motifs is 1. The van der Waals surface area contributed by atoms with Crippen LogP contribution in [0.15, 0.2) is 18.2 Å². The number of nitrogens with one attached hydrogen (secondary N) is 1. The summed E-state index contributed by atoms with van der Waals surface area (Å²) in [6, 6.07) is 5.31. The van der Waals surface area contributed by atoms with Gasteiger partial charge >= 0.3 is 0 Å². The van der Waals surface area contributed by atoms with E-state index in [-0.39, 0.29) is 5.78 Å². The zero-order valence-electron chi connectivity index (χ0n) is 14.0. The number of hydrogen-bond acceptors (Lipinski definition) is 6. The lowest BCUT2D eigenvalue weighted by atomic mass is 10.1. The van der Waals surface area contributed by atoms with Gasteiger partial charge in [-0.2, -0.15) is 0 Å². The van der Waals surface area contributed by atoms with E-state index in [4.69, 9.17) is 28.9 Å². The zero-order chi connectivity index (χ0) is 18.4. The van der Waals surface area contributed by atoms with Gasteiger partial charge in [0.05, 0.1) is 31.7 Å². The van der Waals surface area contributed by atoms with Crippen molar-refractivity contribution in [3.63, 3.8) is 0 Å². The summed E-state index contributed by atoms with van der Waals surface area (Å²) in [4.78, 5) is 22.3. The smallest absolute Gasteiger partial charge is 0.224 e. The highest BCUT2D eigenvalue weighted by Gasteiger charge is 2.23. The Kier molecular flexibility index (Phi) is 4.50. The van der Waals surface area contributed by atoms with Gasteiger partial charge < -0.3 is 11.1 Å². The largest absolute Gasteiger partial charge is 0.397 e. The van der Waals surface area contributed by atoms with Gasteiger partial charge in [0.15, 0.2) is 5.78 Å². The first kappa shape index (κ1) is 17.5. The lowest BCUT2D eigenvalue weighted by Gasteiger charge is -2.09. The monoisotopic (exact) mass is 406 g/mol. The Morgan fingerprint density at radius 1 is 1.31 bits per heavy atom. The van der Waals surface area contributed by atoms with E-state index in [1.54, 1.807) is 12.1 Å². The molecule has 1 aliphatic rings. The summed E-state index contributed by atoms with van der Waals surface area (Å²) >= 11 is 13.5. The molecule has 2 aromatic heterocycles. The van der Waals surface area contributed by atoms with Crippen LogP contribution in [-0.4, -0.2) is 22.3 Å². The minimum Gasteiger partial charge on any atom is -0.397 e. The van der Waals surface area contributed by atoms with Gasteiger partial charge in [-0.15, -0.1) is 11.3 Å². The number of nitrogen functional groups attached to an aromatic ring is 1. The van der Waals surface area contributed by atoms with E-state index in [1.165, 1.54) is 31.1 Å². The number of rotatable bonds is 5. The molecule has 26 heavy (non-hydrogen) atoms. The van der Waals surface area contributed by atoms with Crippen LogP contribution in [0, 0.1) is 5.92 Å². The molecule has 0 aliphatic heterocycles. The lowest BCUT2D eigenvalue weighted by Crippen LogP contribution is -2.07. The molecular weight excluding hydrogens is 391 g/mol. The van der Waals surface area contributed by atoms with Gasteiger partial charge in [-0.1, -0.05) is 29.3 Å². The third kappa shape index (κ3) is 3.24. The Labute approximate surface area is 164 Å². The van der Waals surface area contributed by atoms with Crippen molar-refractivity contribution in [1.29, 1.82) is 0 Å². The summed E-state index contributed by atoms with van der Waals surface area (Å²) in [5.74, 6) is 1.13. The highest BCUT2D eigenvalue weighted by atomic mass is 35.5. The highest BCUT2D eigenvalue weighted by Crippen LogP contribution is 2.40. The number of anilines is 2. The fourth-order valence-electron chi connectivity index (χ4n) is 2.77. The van der Waals surface area contributed by atoms with Crippen molar-refractivity contribution in [2.24, 2.45) is 5.92 Å². The Morgan fingerprint density at radius 2 is 2.08 bits per heavy atom. The van der Waals surface area contributed by atoms with Gasteiger partial charge in [-0.25, -0.2) is 9.97 Å². The molecule has 0 amide bonds. The summed E-state index contributed by atoms with van der Waals surface area (Å²) in [5.41, 5.74) is 8.09. The predicted octanol–water partition coefficient (Wildman–Crippen LogP) is 5.27. The van der Waals surface area contributed by atoms with Crippen LogP contribution in [0.5, 0.6) is 0 Å². The summed E-state index contributed by atoms with van der Waals surface area (Å²) < 4.78 is 0. The van der Waals surface area contributed by atoms with E-state index >= 15 is 0 Å². The quantitative estimate of drug-likeness (QED) is 0.563. The maximum atomic E-state index is 11.9. The molecule has 2 heterocycles. The fraction of sp³-hybridized carbons (Fsp3) is 0.278. The molecule has 8 heteroatoms. The van der Waals surface area contributed by atoms with Gasteiger partial charge in [0.1, 0.15) is 4.83 Å². The molecule has 1 saturated carbocycles. The number of benzene rings is 1. The van der Waals surface area contributed by atoms with Crippen molar-refractivity contribution in [1.82, 2.24) is 9.97 Å². The molecule has 1 fully saturated rings. The molecule has 0 bridgehead atoms. The van der Waals surface area contributed by atoms with Gasteiger partial charge in [0, 0.05) is 19.0 Å². The normalized spacial score (nSPS) is 14.0. The first-order chi connectivity index (χ1) is 12.4. The summed E-state index contributed by atoms with van der Waals surface area (Å²) in [6.07, 6.45) is 2.46. The highest BCUT2D eigenvalue weighted by molar-refractivity contribution is 7.21. The number of halogens is 2. The van der Waals surface area contributed by atoms with Crippen molar-refractivity contribution in [3.05, 3.63) is 33.1 Å². The topological polar surface area (TPSA) is 80.9 Å². The molecule has 4 rings (SSSR count). The molecule has 1 aromatic carbocycles. The third-order valence-corrected chi connectivity index (χ3v) is 6.29. The average Bonchev–Trinajstić information content (AvgIpc) is 3.37. The number of carbonyl (C=O) groups excluding carboxylic acids is 1. The number of nitrogens with zero attached hydrogens (tertiary/aromatic N) is 2. The van der Waals surface area contributed by atoms with E-state index in [2.05, 4.69) is 15.3 Å². The van der Waals surface area contributed by atoms with E-state index < -0.39 is 0 Å². The number of thiophene rings is 1. The predicted molar refractivity (Wildman–Crippen MR) is 109 cm³/mol. The summed E-state index contributed by atoms with van der Waals surface area (Å²) in [7, 11) is 0. The maximum absolute atomic E-state index is 11.9. The van der Waals surface area contributed by atoms with Crippen LogP contribution >= 0.6 is 34.5 Å². The summed E-state index contributed by atoms with van der Waals surface area (Å²) in [6.45, 7) is 2.34. The molecular formula is C18H16Cl2N4OS. The number of carbonyl (C=O) groups is 1. The SMILES string of the molecule is CC(=O)c1sc2nc(NCC3CC3)nc(-c3ccc(Cl)c(Cl)c3)c2c1N. The van der Waals surface area contributed by atoms with Crippen molar-refractivity contribution in [2.45, 2.75) is 19.8 Å². The standard InChI is InChI=1S/C18H16Cl2N4OS/c1-8(25)16-14(21)13-15(10-4-5-11(19)12(20)6-10)23-18(24-17(13)26-16)22-7-9-2-3-9/h4-6,9H,2-3,7,21H2,1H3,(H,22,23,24). The molecule has 1 aliphatic carbocycles. The van der Waals surface area contributed by atoms with E-state index in [0.29, 0.717) is 48.4 Å². The van der Waals surface area contributed by atoms with E-state index in [1.807, 2.05) is 6.07 Å². The van der Waals surface area contributed by atoms with Crippen molar-refractivity contribution in [3.8, 4) is 11.3 Å². The second-order valence-corrected chi connectivity index (χ2v) is 8.24. The van der Waals surface area contributed by atoms with Gasteiger partial charge in [0.2, 0.25) is 5.95 Å². The Hall–Kier alpha value is -1.89. The molecule has 3 N–H and O–H groups in total. The van der Waals surface area contributed by atoms with Gasteiger partial charge in [-0.05, 0) is 30.9 Å². The van der Waals surface area contributed by atoms with Crippen LogP contribution in [0.3, 0.4) is 0 Å². The molecule has 0 radical (unpaired) electrons. The average molecular weight is 407 g/mol. The number of ketones is 1. The fourth-order valence-corrected chi connectivity index (χ4v) is 4.06.